The predicted octanol–water partition coefficient (Wildman–Crippen LogP) is 4.90. The van der Waals surface area contributed by atoms with Crippen molar-refractivity contribution in [3.8, 4) is 0 Å². The summed E-state index contributed by atoms with van der Waals surface area (Å²) < 4.78 is 13.3. The molecule has 2 amide bonds. The van der Waals surface area contributed by atoms with Gasteiger partial charge in [-0.3, -0.25) is 14.5 Å². The van der Waals surface area contributed by atoms with Crippen LogP contribution in [0.15, 0.2) is 84.6 Å². The summed E-state index contributed by atoms with van der Waals surface area (Å²) in [5, 5.41) is 0.539. The van der Waals surface area contributed by atoms with Gasteiger partial charge in [-0.25, -0.2) is 4.39 Å². The van der Waals surface area contributed by atoms with Crippen molar-refractivity contribution in [1.82, 2.24) is 4.90 Å². The number of anilines is 1. The fourth-order valence-electron chi connectivity index (χ4n) is 3.45. The van der Waals surface area contributed by atoms with Gasteiger partial charge >= 0.3 is 0 Å². The highest BCUT2D eigenvalue weighted by molar-refractivity contribution is 6.37. The van der Waals surface area contributed by atoms with Crippen LogP contribution in [0.25, 0.3) is 5.57 Å². The standard InChI is InChI=1S/C24H18ClFN2O2/c1-27(20-5-3-2-4-6-20)22-21(17-9-11-18(25)12-10-17)23(29)28(24(22)30)15-16-7-13-19(26)14-8-16/h2-14H,15H2,1H3. The quantitative estimate of drug-likeness (QED) is 0.551. The minimum absolute atomic E-state index is 0.0567. The fraction of sp³-hybridized carbons (Fsp3) is 0.0833. The van der Waals surface area contributed by atoms with Crippen LogP contribution < -0.4 is 4.90 Å². The number of halogens is 2. The van der Waals surface area contributed by atoms with Crippen molar-refractivity contribution in [2.24, 2.45) is 0 Å². The van der Waals surface area contributed by atoms with Crippen molar-refractivity contribution >= 4 is 34.7 Å². The summed E-state index contributed by atoms with van der Waals surface area (Å²) in [7, 11) is 1.76. The van der Waals surface area contributed by atoms with Crippen LogP contribution in [0.3, 0.4) is 0 Å². The number of amides is 2. The molecule has 0 spiro atoms. The van der Waals surface area contributed by atoms with Crippen molar-refractivity contribution in [3.63, 3.8) is 0 Å². The van der Waals surface area contributed by atoms with Crippen molar-refractivity contribution in [2.45, 2.75) is 6.54 Å². The van der Waals surface area contributed by atoms with Gasteiger partial charge in [0.25, 0.3) is 11.8 Å². The molecule has 30 heavy (non-hydrogen) atoms. The molecule has 3 aromatic rings. The van der Waals surface area contributed by atoms with Crippen molar-refractivity contribution in [1.29, 1.82) is 0 Å². The lowest BCUT2D eigenvalue weighted by Gasteiger charge is -2.21. The smallest absolute Gasteiger partial charge is 0.278 e. The van der Waals surface area contributed by atoms with Crippen LogP contribution in [0.5, 0.6) is 0 Å². The molecule has 0 aliphatic carbocycles. The first kappa shape index (κ1) is 19.9. The second-order valence-corrected chi connectivity index (χ2v) is 7.38. The van der Waals surface area contributed by atoms with E-state index in [1.54, 1.807) is 48.3 Å². The van der Waals surface area contributed by atoms with Crippen molar-refractivity contribution in [3.05, 3.63) is 107 Å². The Labute approximate surface area is 178 Å². The third-order valence-corrected chi connectivity index (χ3v) is 5.26. The number of para-hydroxylation sites is 1. The summed E-state index contributed by atoms with van der Waals surface area (Å²) in [4.78, 5) is 29.6. The van der Waals surface area contributed by atoms with Crippen LogP contribution in [-0.4, -0.2) is 23.8 Å². The lowest BCUT2D eigenvalue weighted by Crippen LogP contribution is -2.33. The maximum Gasteiger partial charge on any atom is 0.278 e. The maximum absolute atomic E-state index is 13.4. The molecular weight excluding hydrogens is 403 g/mol. The average Bonchev–Trinajstić information content (AvgIpc) is 3.00. The minimum Gasteiger partial charge on any atom is -0.339 e. The normalized spacial score (nSPS) is 13.9. The summed E-state index contributed by atoms with van der Waals surface area (Å²) in [6, 6.07) is 21.9. The lowest BCUT2D eigenvalue weighted by molar-refractivity contribution is -0.137. The molecular formula is C24H18ClFN2O2. The molecule has 0 N–H and O–H groups in total. The van der Waals surface area contributed by atoms with E-state index < -0.39 is 11.8 Å². The highest BCUT2D eigenvalue weighted by Crippen LogP contribution is 2.34. The van der Waals surface area contributed by atoms with Crippen LogP contribution in [0.1, 0.15) is 11.1 Å². The molecule has 0 atom stereocenters. The van der Waals surface area contributed by atoms with Gasteiger partial charge in [0.05, 0.1) is 12.1 Å². The van der Waals surface area contributed by atoms with E-state index in [0.717, 1.165) is 5.69 Å². The minimum atomic E-state index is -0.402. The zero-order valence-electron chi connectivity index (χ0n) is 16.2. The molecule has 1 heterocycles. The summed E-state index contributed by atoms with van der Waals surface area (Å²) >= 11 is 6.01. The van der Waals surface area contributed by atoms with E-state index >= 15 is 0 Å². The Morgan fingerprint density at radius 3 is 2.13 bits per heavy atom. The predicted molar refractivity (Wildman–Crippen MR) is 115 cm³/mol. The Bertz CT molecular complexity index is 1130. The van der Waals surface area contributed by atoms with E-state index in [1.165, 1.54) is 17.0 Å². The van der Waals surface area contributed by atoms with Gasteiger partial charge in [0.15, 0.2) is 0 Å². The van der Waals surface area contributed by atoms with E-state index in [4.69, 9.17) is 11.6 Å². The summed E-state index contributed by atoms with van der Waals surface area (Å²) in [6.45, 7) is 0.0567. The van der Waals surface area contributed by atoms with Gasteiger partial charge in [-0.1, -0.05) is 54.1 Å². The van der Waals surface area contributed by atoms with Gasteiger partial charge in [0.1, 0.15) is 11.5 Å². The molecule has 4 nitrogen and oxygen atoms in total. The van der Waals surface area contributed by atoms with Gasteiger partial charge in [-0.2, -0.15) is 0 Å². The van der Waals surface area contributed by atoms with Gasteiger partial charge < -0.3 is 4.90 Å². The highest BCUT2D eigenvalue weighted by Gasteiger charge is 2.41. The average molecular weight is 421 g/mol. The third kappa shape index (κ3) is 3.72. The Hall–Kier alpha value is -3.44. The second-order valence-electron chi connectivity index (χ2n) is 6.95. The SMILES string of the molecule is CN(C1=C(c2ccc(Cl)cc2)C(=O)N(Cc2ccc(F)cc2)C1=O)c1ccccc1. The van der Waals surface area contributed by atoms with Crippen LogP contribution >= 0.6 is 11.6 Å². The molecule has 0 radical (unpaired) electrons. The number of imide groups is 1. The number of carbonyl (C=O) groups excluding carboxylic acids is 2. The summed E-state index contributed by atoms with van der Waals surface area (Å²) in [5.41, 5.74) is 2.65. The number of nitrogens with zero attached hydrogens (tertiary/aromatic N) is 2. The number of hydrogen-bond donors (Lipinski definition) is 0. The van der Waals surface area contributed by atoms with E-state index in [-0.39, 0.29) is 18.1 Å². The number of benzene rings is 3. The van der Waals surface area contributed by atoms with Gasteiger partial charge in [0, 0.05) is 17.8 Å². The number of carbonyl (C=O) groups is 2. The van der Waals surface area contributed by atoms with Crippen LogP contribution in [0.2, 0.25) is 5.02 Å². The highest BCUT2D eigenvalue weighted by atomic mass is 35.5. The van der Waals surface area contributed by atoms with Crippen LogP contribution in [0.4, 0.5) is 10.1 Å². The Balaban J connectivity index is 1.78. The second kappa shape index (κ2) is 8.13. The Morgan fingerprint density at radius 1 is 0.867 bits per heavy atom. The fourth-order valence-corrected chi connectivity index (χ4v) is 3.57. The zero-order valence-corrected chi connectivity index (χ0v) is 16.9. The molecule has 0 fully saturated rings. The van der Waals surface area contributed by atoms with E-state index in [9.17, 15) is 14.0 Å². The first-order valence-corrected chi connectivity index (χ1v) is 9.73. The molecule has 0 saturated heterocycles. The van der Waals surface area contributed by atoms with Crippen molar-refractivity contribution in [2.75, 3.05) is 11.9 Å². The summed E-state index contributed by atoms with van der Waals surface area (Å²) in [6.07, 6.45) is 0. The molecule has 1 aliphatic heterocycles. The van der Waals surface area contributed by atoms with E-state index in [1.807, 2.05) is 30.3 Å². The number of rotatable bonds is 5. The molecule has 0 unspecified atom stereocenters. The van der Waals surface area contributed by atoms with Crippen LogP contribution in [0, 0.1) is 5.82 Å². The largest absolute Gasteiger partial charge is 0.339 e. The number of likely N-dealkylation sites (N-methyl/N-ethyl adjacent to an activating group) is 1. The van der Waals surface area contributed by atoms with Crippen LogP contribution in [-0.2, 0) is 16.1 Å². The first-order valence-electron chi connectivity index (χ1n) is 9.35. The van der Waals surface area contributed by atoms with E-state index in [2.05, 4.69) is 0 Å². The summed E-state index contributed by atoms with van der Waals surface area (Å²) in [5.74, 6) is -1.17. The molecule has 150 valence electrons. The third-order valence-electron chi connectivity index (χ3n) is 5.01. The molecule has 6 heteroatoms. The molecule has 4 rings (SSSR count). The molecule has 3 aromatic carbocycles. The topological polar surface area (TPSA) is 40.6 Å². The maximum atomic E-state index is 13.4. The van der Waals surface area contributed by atoms with Gasteiger partial charge in [-0.15, -0.1) is 0 Å². The zero-order chi connectivity index (χ0) is 21.3. The molecule has 0 bridgehead atoms. The van der Waals surface area contributed by atoms with Gasteiger partial charge in [0.2, 0.25) is 0 Å². The molecule has 0 aromatic heterocycles. The first-order chi connectivity index (χ1) is 14.5. The Kier molecular flexibility index (Phi) is 5.38. The van der Waals surface area contributed by atoms with E-state index in [0.29, 0.717) is 21.7 Å². The Morgan fingerprint density at radius 2 is 1.50 bits per heavy atom. The van der Waals surface area contributed by atoms with Crippen molar-refractivity contribution < 1.29 is 14.0 Å². The molecule has 0 saturated carbocycles. The van der Waals surface area contributed by atoms with Gasteiger partial charge in [-0.05, 0) is 47.5 Å². The monoisotopic (exact) mass is 420 g/mol. The lowest BCUT2D eigenvalue weighted by atomic mass is 10.0. The molecule has 1 aliphatic rings. The number of hydrogen-bond acceptors (Lipinski definition) is 3.